The number of hydrogen-bond donors (Lipinski definition) is 2. The van der Waals surface area contributed by atoms with Crippen molar-refractivity contribution in [3.05, 3.63) is 27.8 Å². The molecule has 0 radical (unpaired) electrons. The Morgan fingerprint density at radius 2 is 1.88 bits per heavy atom. The molecule has 90 valence electrons. The third-order valence-electron chi connectivity index (χ3n) is 1.99. The van der Waals surface area contributed by atoms with Gasteiger partial charge in [0.15, 0.2) is 0 Å². The van der Waals surface area contributed by atoms with Crippen LogP contribution in [0, 0.1) is 3.57 Å². The summed E-state index contributed by atoms with van der Waals surface area (Å²) >= 11 is 2.14. The largest absolute Gasteiger partial charge is 0.318 e. The molecule has 0 fully saturated rings. The summed E-state index contributed by atoms with van der Waals surface area (Å²) in [6, 6.07) is 6.64. The van der Waals surface area contributed by atoms with Crippen molar-refractivity contribution in [1.82, 2.24) is 10.0 Å². The van der Waals surface area contributed by atoms with Gasteiger partial charge in [-0.05, 0) is 60.8 Å². The molecule has 0 heterocycles. The maximum absolute atomic E-state index is 11.9. The van der Waals surface area contributed by atoms with E-state index in [1.165, 1.54) is 0 Å². The van der Waals surface area contributed by atoms with Crippen LogP contribution >= 0.6 is 22.6 Å². The van der Waals surface area contributed by atoms with E-state index < -0.39 is 10.0 Å². The quantitative estimate of drug-likeness (QED) is 0.781. The molecule has 0 aliphatic heterocycles. The smallest absolute Gasteiger partial charge is 0.240 e. The Morgan fingerprint density at radius 1 is 1.31 bits per heavy atom. The number of halogens is 1. The number of hydrogen-bond acceptors (Lipinski definition) is 3. The van der Waals surface area contributed by atoms with Gasteiger partial charge in [0.05, 0.1) is 4.90 Å². The third-order valence-corrected chi connectivity index (χ3v) is 4.32. The average Bonchev–Trinajstić information content (AvgIpc) is 2.17. The zero-order valence-corrected chi connectivity index (χ0v) is 12.2. The summed E-state index contributed by atoms with van der Waals surface area (Å²) in [6.07, 6.45) is 0. The molecule has 0 aliphatic carbocycles. The molecule has 0 aromatic heterocycles. The van der Waals surface area contributed by atoms with Gasteiger partial charge in [0.2, 0.25) is 10.0 Å². The molecular formula is C10H15IN2O2S. The lowest BCUT2D eigenvalue weighted by Crippen LogP contribution is -2.38. The fourth-order valence-corrected chi connectivity index (χ4v) is 2.90. The second-order valence-corrected chi connectivity index (χ2v) is 6.49. The normalized spacial score (nSPS) is 13.7. The molecule has 2 N–H and O–H groups in total. The fraction of sp³-hybridized carbons (Fsp3) is 0.400. The zero-order valence-electron chi connectivity index (χ0n) is 9.20. The van der Waals surface area contributed by atoms with E-state index in [4.69, 9.17) is 0 Å². The van der Waals surface area contributed by atoms with Crippen molar-refractivity contribution < 1.29 is 8.42 Å². The lowest BCUT2D eigenvalue weighted by atomic mass is 10.4. The van der Waals surface area contributed by atoms with Crippen molar-refractivity contribution >= 4 is 32.6 Å². The number of sulfonamides is 1. The molecule has 0 bridgehead atoms. The van der Waals surface area contributed by atoms with Gasteiger partial charge in [0, 0.05) is 16.2 Å². The summed E-state index contributed by atoms with van der Waals surface area (Å²) in [4.78, 5) is 0.302. The third kappa shape index (κ3) is 4.00. The van der Waals surface area contributed by atoms with Crippen LogP contribution in [0.25, 0.3) is 0 Å². The van der Waals surface area contributed by atoms with E-state index in [1.54, 1.807) is 31.3 Å². The lowest BCUT2D eigenvalue weighted by Gasteiger charge is -2.13. The van der Waals surface area contributed by atoms with E-state index >= 15 is 0 Å². The van der Waals surface area contributed by atoms with Crippen molar-refractivity contribution in [3.8, 4) is 0 Å². The molecule has 1 rings (SSSR count). The Balaban J connectivity index is 2.82. The van der Waals surface area contributed by atoms with Crippen LogP contribution in [-0.2, 0) is 10.0 Å². The van der Waals surface area contributed by atoms with Crippen LogP contribution in [0.4, 0.5) is 0 Å². The topological polar surface area (TPSA) is 58.2 Å². The van der Waals surface area contributed by atoms with Gasteiger partial charge < -0.3 is 5.32 Å². The molecule has 4 nitrogen and oxygen atoms in total. The highest BCUT2D eigenvalue weighted by Crippen LogP contribution is 2.12. The highest BCUT2D eigenvalue weighted by Gasteiger charge is 2.16. The van der Waals surface area contributed by atoms with Gasteiger partial charge in [0.25, 0.3) is 0 Å². The predicted octanol–water partition coefficient (Wildman–Crippen LogP) is 1.18. The maximum Gasteiger partial charge on any atom is 0.240 e. The van der Waals surface area contributed by atoms with Crippen molar-refractivity contribution in [3.63, 3.8) is 0 Å². The van der Waals surface area contributed by atoms with E-state index in [2.05, 4.69) is 32.6 Å². The van der Waals surface area contributed by atoms with Crippen LogP contribution < -0.4 is 10.0 Å². The average molecular weight is 354 g/mol. The first-order valence-electron chi connectivity index (χ1n) is 4.88. The number of benzene rings is 1. The lowest BCUT2D eigenvalue weighted by molar-refractivity contribution is 0.550. The monoisotopic (exact) mass is 354 g/mol. The molecule has 0 spiro atoms. The van der Waals surface area contributed by atoms with E-state index in [1.807, 2.05) is 6.92 Å². The Morgan fingerprint density at radius 3 is 2.38 bits per heavy atom. The van der Waals surface area contributed by atoms with Crippen molar-refractivity contribution in [2.75, 3.05) is 13.6 Å². The fourth-order valence-electron chi connectivity index (χ4n) is 1.29. The van der Waals surface area contributed by atoms with Gasteiger partial charge >= 0.3 is 0 Å². The van der Waals surface area contributed by atoms with Gasteiger partial charge in [-0.15, -0.1) is 0 Å². The maximum atomic E-state index is 11.9. The number of rotatable bonds is 5. The SMILES string of the molecule is CNC[C@@H](C)NS(=O)(=O)c1ccc(I)cc1. The van der Waals surface area contributed by atoms with E-state index in [0.717, 1.165) is 3.57 Å². The van der Waals surface area contributed by atoms with E-state index in [0.29, 0.717) is 11.4 Å². The molecule has 16 heavy (non-hydrogen) atoms. The molecule has 1 aromatic rings. The second-order valence-electron chi connectivity index (χ2n) is 3.53. The van der Waals surface area contributed by atoms with Crippen molar-refractivity contribution in [1.29, 1.82) is 0 Å². The molecule has 0 saturated carbocycles. The van der Waals surface area contributed by atoms with Gasteiger partial charge in [-0.25, -0.2) is 13.1 Å². The van der Waals surface area contributed by atoms with Crippen molar-refractivity contribution in [2.45, 2.75) is 17.9 Å². The van der Waals surface area contributed by atoms with Crippen LogP contribution in [-0.4, -0.2) is 28.1 Å². The summed E-state index contributed by atoms with van der Waals surface area (Å²) in [5, 5.41) is 2.92. The van der Waals surface area contributed by atoms with Gasteiger partial charge in [-0.2, -0.15) is 0 Å². The first-order valence-corrected chi connectivity index (χ1v) is 7.44. The molecule has 0 aliphatic rings. The summed E-state index contributed by atoms with van der Waals surface area (Å²) in [6.45, 7) is 2.42. The molecule has 1 aromatic carbocycles. The Bertz CT molecular complexity index is 431. The van der Waals surface area contributed by atoms with E-state index in [-0.39, 0.29) is 6.04 Å². The summed E-state index contributed by atoms with van der Waals surface area (Å²) < 4.78 is 27.4. The van der Waals surface area contributed by atoms with E-state index in [9.17, 15) is 8.42 Å². The summed E-state index contributed by atoms with van der Waals surface area (Å²) in [5.74, 6) is 0. The number of nitrogens with one attached hydrogen (secondary N) is 2. The standard InChI is InChI=1S/C10H15IN2O2S/c1-8(7-12-2)13-16(14,15)10-5-3-9(11)4-6-10/h3-6,8,12-13H,7H2,1-2H3/t8-/m1/s1. The molecule has 0 unspecified atom stereocenters. The van der Waals surface area contributed by atoms with Crippen molar-refractivity contribution in [2.24, 2.45) is 0 Å². The highest BCUT2D eigenvalue weighted by atomic mass is 127. The minimum Gasteiger partial charge on any atom is -0.318 e. The van der Waals surface area contributed by atoms with Gasteiger partial charge in [-0.3, -0.25) is 0 Å². The molecule has 6 heteroatoms. The van der Waals surface area contributed by atoms with Crippen LogP contribution in [0.1, 0.15) is 6.92 Å². The first kappa shape index (κ1) is 13.9. The minimum atomic E-state index is -3.39. The molecule has 0 amide bonds. The van der Waals surface area contributed by atoms with Gasteiger partial charge in [-0.1, -0.05) is 0 Å². The number of likely N-dealkylation sites (N-methyl/N-ethyl adjacent to an activating group) is 1. The van der Waals surface area contributed by atoms with Crippen LogP contribution in [0.15, 0.2) is 29.2 Å². The first-order chi connectivity index (χ1) is 7.45. The molecule has 1 atom stereocenters. The minimum absolute atomic E-state index is 0.130. The Hall–Kier alpha value is -0.180. The zero-order chi connectivity index (χ0) is 12.2. The van der Waals surface area contributed by atoms with Crippen LogP contribution in [0.3, 0.4) is 0 Å². The summed E-state index contributed by atoms with van der Waals surface area (Å²) in [5.41, 5.74) is 0. The predicted molar refractivity (Wildman–Crippen MR) is 72.9 cm³/mol. The Labute approximate surface area is 110 Å². The van der Waals surface area contributed by atoms with Crippen LogP contribution in [0.5, 0.6) is 0 Å². The Kier molecular flexibility index (Phi) is 5.16. The molecular weight excluding hydrogens is 339 g/mol. The highest BCUT2D eigenvalue weighted by molar-refractivity contribution is 14.1. The van der Waals surface area contributed by atoms with Gasteiger partial charge in [0.1, 0.15) is 0 Å². The van der Waals surface area contributed by atoms with Crippen LogP contribution in [0.2, 0.25) is 0 Å². The second kappa shape index (κ2) is 5.95. The summed E-state index contributed by atoms with van der Waals surface area (Å²) in [7, 11) is -1.60. The molecule has 0 saturated heterocycles.